The van der Waals surface area contributed by atoms with Crippen LogP contribution in [0, 0.1) is 29.6 Å². The van der Waals surface area contributed by atoms with E-state index in [-0.39, 0.29) is 59.4 Å². The summed E-state index contributed by atoms with van der Waals surface area (Å²) >= 11 is 0. The van der Waals surface area contributed by atoms with Crippen LogP contribution in [0.15, 0.2) is 36.0 Å². The molecule has 0 unspecified atom stereocenters. The smallest absolute Gasteiger partial charge is 0.545 e. The van der Waals surface area contributed by atoms with Gasteiger partial charge in [-0.15, -0.1) is 0 Å². The molecule has 0 aromatic rings. The van der Waals surface area contributed by atoms with E-state index in [1.54, 1.807) is 0 Å². The van der Waals surface area contributed by atoms with Crippen LogP contribution in [0.3, 0.4) is 0 Å². The van der Waals surface area contributed by atoms with Crippen molar-refractivity contribution in [3.63, 3.8) is 0 Å². The second kappa shape index (κ2) is 12.8. The van der Waals surface area contributed by atoms with Gasteiger partial charge in [0.25, 0.3) is 0 Å². The van der Waals surface area contributed by atoms with Crippen LogP contribution in [-0.4, -0.2) is 29.3 Å². The summed E-state index contributed by atoms with van der Waals surface area (Å²) in [5.74, 6) is -0.388. The second-order valence-electron chi connectivity index (χ2n) is 8.76. The number of rotatable bonds is 9. The van der Waals surface area contributed by atoms with Gasteiger partial charge in [0.15, 0.2) is 0 Å². The van der Waals surface area contributed by atoms with Crippen molar-refractivity contribution in [1.82, 2.24) is 0 Å². The number of carboxylic acids is 1. The van der Waals surface area contributed by atoms with Crippen molar-refractivity contribution in [2.45, 2.75) is 72.0 Å². The van der Waals surface area contributed by atoms with Gasteiger partial charge in [-0.3, -0.25) is 4.79 Å². The monoisotopic (exact) mass is 426 g/mol. The van der Waals surface area contributed by atoms with Crippen LogP contribution in [0.5, 0.6) is 0 Å². The van der Waals surface area contributed by atoms with E-state index in [1.165, 1.54) is 11.6 Å². The summed E-state index contributed by atoms with van der Waals surface area (Å²) in [6.45, 7) is 8.22. The molecule has 0 heterocycles. The third-order valence-corrected chi connectivity index (χ3v) is 6.37. The van der Waals surface area contributed by atoms with E-state index >= 15 is 0 Å². The van der Waals surface area contributed by atoms with Crippen LogP contribution in [0.25, 0.3) is 0 Å². The van der Waals surface area contributed by atoms with E-state index in [0.717, 1.165) is 25.3 Å². The zero-order valence-corrected chi connectivity index (χ0v) is 21.0. The Balaban J connectivity index is 0.00000450. The average Bonchev–Trinajstić information content (AvgIpc) is 2.66. The maximum atomic E-state index is 12.5. The first-order chi connectivity index (χ1) is 13.7. The Morgan fingerprint density at radius 3 is 2.70 bits per heavy atom. The fraction of sp³-hybridized carbons (Fsp3) is 0.667. The molecule has 0 aliphatic heterocycles. The molecular formula is C24H35NaO5. The number of carbonyl (C=O) groups is 2. The number of allylic oxidation sites excluding steroid dienone is 3. The topological polar surface area (TPSA) is 86.7 Å². The molecule has 162 valence electrons. The maximum Gasteiger partial charge on any atom is 1.00 e. The summed E-state index contributed by atoms with van der Waals surface area (Å²) in [6, 6.07) is 0. The normalized spacial score (nSPS) is 30.0. The summed E-state index contributed by atoms with van der Waals surface area (Å²) in [6.07, 6.45) is 11.6. The molecule has 7 atom stereocenters. The van der Waals surface area contributed by atoms with Crippen molar-refractivity contribution in [2.24, 2.45) is 29.6 Å². The summed E-state index contributed by atoms with van der Waals surface area (Å²) in [5, 5.41) is 20.7. The van der Waals surface area contributed by atoms with Gasteiger partial charge in [0.1, 0.15) is 6.10 Å². The van der Waals surface area contributed by atoms with E-state index in [9.17, 15) is 19.8 Å². The zero-order valence-electron chi connectivity index (χ0n) is 19.0. The molecule has 0 aromatic carbocycles. The molecule has 30 heavy (non-hydrogen) atoms. The average molecular weight is 427 g/mol. The Hall–Kier alpha value is -0.880. The van der Waals surface area contributed by atoms with Crippen LogP contribution in [0.2, 0.25) is 0 Å². The van der Waals surface area contributed by atoms with Crippen LogP contribution < -0.4 is 34.7 Å². The van der Waals surface area contributed by atoms with Gasteiger partial charge in [-0.2, -0.15) is 0 Å². The van der Waals surface area contributed by atoms with Gasteiger partial charge in [-0.25, -0.2) is 0 Å². The predicted octanol–water partition coefficient (Wildman–Crippen LogP) is 0.190. The van der Waals surface area contributed by atoms with Crippen LogP contribution >= 0.6 is 0 Å². The van der Waals surface area contributed by atoms with E-state index in [4.69, 9.17) is 4.74 Å². The first-order valence-electron chi connectivity index (χ1n) is 10.9. The van der Waals surface area contributed by atoms with Gasteiger partial charge in [0, 0.05) is 5.92 Å². The summed E-state index contributed by atoms with van der Waals surface area (Å²) < 4.78 is 6.00. The number of esters is 1. The molecule has 5 nitrogen and oxygen atoms in total. The number of aliphatic hydroxyl groups is 1. The third-order valence-electron chi connectivity index (χ3n) is 6.37. The Labute approximate surface area is 202 Å². The van der Waals surface area contributed by atoms with Crippen LogP contribution in [0.1, 0.15) is 59.8 Å². The van der Waals surface area contributed by atoms with Gasteiger partial charge in [-0.05, 0) is 61.5 Å². The maximum absolute atomic E-state index is 12.5. The molecule has 1 N–H and O–H groups in total. The zero-order chi connectivity index (χ0) is 21.6. The molecule has 0 radical (unpaired) electrons. The number of hydrogen-bond acceptors (Lipinski definition) is 5. The van der Waals surface area contributed by atoms with Gasteiger partial charge in [-0.1, -0.05) is 52.0 Å². The molecule has 0 amide bonds. The van der Waals surface area contributed by atoms with E-state index in [0.29, 0.717) is 24.7 Å². The third kappa shape index (κ3) is 7.67. The largest absolute Gasteiger partial charge is 1.00 e. The number of fused-ring (bicyclic) bond motifs is 1. The second-order valence-corrected chi connectivity index (χ2v) is 8.76. The first-order valence-corrected chi connectivity index (χ1v) is 10.9. The molecular weight excluding hydrogens is 391 g/mol. The number of hydrogen-bond donors (Lipinski definition) is 1. The minimum atomic E-state index is -1.25. The van der Waals surface area contributed by atoms with Gasteiger partial charge in [0.05, 0.1) is 18.0 Å². The Bertz CT molecular complexity index is 669. The van der Waals surface area contributed by atoms with Gasteiger partial charge >= 0.3 is 35.5 Å². The SMILES string of the molecule is CC[C@H](C)C(=O)O[C@H]1C[C@@H](C)C=C2C=C[C@H](C)[C@H](CC[C@@H](O)C/C=C/C(=O)[O-])[C@H]21.[Na+]. The molecule has 0 saturated heterocycles. The molecule has 0 aromatic heterocycles. The van der Waals surface area contributed by atoms with Crippen LogP contribution in [0.4, 0.5) is 0 Å². The Kier molecular flexibility index (Phi) is 11.6. The molecule has 2 rings (SSSR count). The van der Waals surface area contributed by atoms with Gasteiger partial charge in [0.2, 0.25) is 0 Å². The number of carboxylic acid groups (broad SMARTS) is 1. The molecule has 0 bridgehead atoms. The molecule has 6 heteroatoms. The fourth-order valence-electron chi connectivity index (χ4n) is 4.48. The van der Waals surface area contributed by atoms with Crippen LogP contribution in [-0.2, 0) is 14.3 Å². The predicted molar refractivity (Wildman–Crippen MR) is 110 cm³/mol. The van der Waals surface area contributed by atoms with Crippen molar-refractivity contribution in [2.75, 3.05) is 0 Å². The number of aliphatic carboxylic acids is 1. The molecule has 0 fully saturated rings. The molecule has 2 aliphatic rings. The minimum absolute atomic E-state index is 0. The standard InChI is InChI=1S/C24H36O5.Na/c1-5-16(3)24(28)29-21-14-15(2)13-18-10-9-17(4)20(23(18)21)12-11-19(25)7-6-8-22(26)27;/h6,8-10,13,15-17,19-21,23,25H,5,7,11-12,14H2,1-4H3,(H,26,27);/q;+1/p-1/b8-6+;/t15-,16-,17-,19-,20-,21-,23-;/m0./s1. The Morgan fingerprint density at radius 1 is 1.37 bits per heavy atom. The molecule has 0 saturated carbocycles. The summed E-state index contributed by atoms with van der Waals surface area (Å²) in [5.41, 5.74) is 1.24. The quantitative estimate of drug-likeness (QED) is 0.323. The van der Waals surface area contributed by atoms with Crippen molar-refractivity contribution < 1.29 is 54.1 Å². The van der Waals surface area contributed by atoms with E-state index in [1.807, 2.05) is 13.8 Å². The first kappa shape index (κ1) is 27.2. The number of ether oxygens (including phenoxy) is 1. The van der Waals surface area contributed by atoms with Crippen molar-refractivity contribution in [3.05, 3.63) is 36.0 Å². The van der Waals surface area contributed by atoms with Crippen molar-refractivity contribution in [1.29, 1.82) is 0 Å². The molecule has 0 spiro atoms. The Morgan fingerprint density at radius 2 is 2.07 bits per heavy atom. The summed E-state index contributed by atoms with van der Waals surface area (Å²) in [4.78, 5) is 23.0. The summed E-state index contributed by atoms with van der Waals surface area (Å²) in [7, 11) is 0. The minimum Gasteiger partial charge on any atom is -0.545 e. The fourth-order valence-corrected chi connectivity index (χ4v) is 4.48. The molecule has 2 aliphatic carbocycles. The number of aliphatic hydroxyl groups excluding tert-OH is 1. The van der Waals surface area contributed by atoms with E-state index in [2.05, 4.69) is 32.1 Å². The van der Waals surface area contributed by atoms with Crippen molar-refractivity contribution in [3.8, 4) is 0 Å². The number of carbonyl (C=O) groups excluding carboxylic acids is 2. The van der Waals surface area contributed by atoms with Gasteiger partial charge < -0.3 is 19.7 Å². The van der Waals surface area contributed by atoms with E-state index < -0.39 is 12.1 Å². The van der Waals surface area contributed by atoms with Crippen molar-refractivity contribution >= 4 is 11.9 Å².